The van der Waals surface area contributed by atoms with Crippen LogP contribution in [0.5, 0.6) is 11.5 Å². The summed E-state index contributed by atoms with van der Waals surface area (Å²) in [7, 11) is 3.30. The van der Waals surface area contributed by atoms with E-state index in [2.05, 4.69) is 22.9 Å². The number of hydrogen-bond donors (Lipinski definition) is 1. The van der Waals surface area contributed by atoms with Gasteiger partial charge in [-0.15, -0.1) is 6.58 Å². The van der Waals surface area contributed by atoms with Crippen LogP contribution in [0.15, 0.2) is 30.9 Å². The van der Waals surface area contributed by atoms with Gasteiger partial charge in [0.05, 0.1) is 20.1 Å². The van der Waals surface area contributed by atoms with Gasteiger partial charge >= 0.3 is 0 Å². The monoisotopic (exact) mass is 358 g/mol. The molecule has 0 aromatic heterocycles. The molecular formula is C21H30N2O3. The first-order valence-corrected chi connectivity index (χ1v) is 9.50. The van der Waals surface area contributed by atoms with Gasteiger partial charge in [0, 0.05) is 25.7 Å². The maximum Gasteiger partial charge on any atom is 0.224 e. The maximum atomic E-state index is 12.5. The van der Waals surface area contributed by atoms with Gasteiger partial charge in [-0.05, 0) is 49.3 Å². The highest BCUT2D eigenvalue weighted by molar-refractivity contribution is 5.79. The van der Waals surface area contributed by atoms with E-state index in [1.54, 1.807) is 14.2 Å². The van der Waals surface area contributed by atoms with E-state index in [1.165, 1.54) is 18.4 Å². The minimum Gasteiger partial charge on any atom is -0.493 e. The fourth-order valence-electron chi connectivity index (χ4n) is 3.77. The van der Waals surface area contributed by atoms with Crippen molar-refractivity contribution < 1.29 is 14.3 Å². The van der Waals surface area contributed by atoms with Crippen molar-refractivity contribution >= 4 is 5.91 Å². The Bertz CT molecular complexity index is 642. The Morgan fingerprint density at radius 3 is 2.65 bits per heavy atom. The lowest BCUT2D eigenvalue weighted by molar-refractivity contribution is -0.127. The van der Waals surface area contributed by atoms with Crippen LogP contribution in [0.25, 0.3) is 0 Å². The quantitative estimate of drug-likeness (QED) is 0.725. The van der Waals surface area contributed by atoms with Gasteiger partial charge in [0.25, 0.3) is 0 Å². The van der Waals surface area contributed by atoms with Gasteiger partial charge < -0.3 is 14.8 Å². The SMILES string of the molecule is C=CCN1CC(C(=O)NCC2CC2)CCC1c1ccc(OC)c(OC)c1. The zero-order chi connectivity index (χ0) is 18.5. The Morgan fingerprint density at radius 1 is 1.23 bits per heavy atom. The molecule has 1 aliphatic carbocycles. The highest BCUT2D eigenvalue weighted by Gasteiger charge is 2.33. The molecule has 2 atom stereocenters. The zero-order valence-corrected chi connectivity index (χ0v) is 15.9. The summed E-state index contributed by atoms with van der Waals surface area (Å²) >= 11 is 0. The lowest BCUT2D eigenvalue weighted by Crippen LogP contribution is -2.44. The summed E-state index contributed by atoms with van der Waals surface area (Å²) in [5, 5.41) is 3.14. The second-order valence-corrected chi connectivity index (χ2v) is 7.34. The Kier molecular flexibility index (Phi) is 6.20. The number of amides is 1. The molecule has 1 aromatic rings. The number of rotatable bonds is 8. The number of hydrogen-bond acceptors (Lipinski definition) is 4. The van der Waals surface area contributed by atoms with Gasteiger partial charge in [0.1, 0.15) is 0 Å². The molecule has 2 aliphatic rings. The molecule has 0 radical (unpaired) electrons. The Labute approximate surface area is 156 Å². The molecule has 1 saturated heterocycles. The lowest BCUT2D eigenvalue weighted by Gasteiger charge is -2.39. The standard InChI is InChI=1S/C21H30N2O3/c1-4-11-23-14-17(21(24)22-13-15-5-6-15)7-9-18(23)16-8-10-19(25-2)20(12-16)26-3/h4,8,10,12,15,17-18H,1,5-7,9,11,13-14H2,2-3H3,(H,22,24). The predicted octanol–water partition coefficient (Wildman–Crippen LogP) is 3.17. The average Bonchev–Trinajstić information content (AvgIpc) is 3.50. The summed E-state index contributed by atoms with van der Waals surface area (Å²) < 4.78 is 10.8. The lowest BCUT2D eigenvalue weighted by atomic mass is 9.88. The van der Waals surface area contributed by atoms with Crippen molar-refractivity contribution in [2.75, 3.05) is 33.9 Å². The molecule has 26 heavy (non-hydrogen) atoms. The van der Waals surface area contributed by atoms with Crippen molar-refractivity contribution in [1.29, 1.82) is 0 Å². The molecule has 1 N–H and O–H groups in total. The Morgan fingerprint density at radius 2 is 2.00 bits per heavy atom. The number of ether oxygens (including phenoxy) is 2. The fourth-order valence-corrected chi connectivity index (χ4v) is 3.77. The summed E-state index contributed by atoms with van der Waals surface area (Å²) in [5.74, 6) is 2.46. The van der Waals surface area contributed by atoms with Gasteiger partial charge in [0.15, 0.2) is 11.5 Å². The minimum atomic E-state index is 0.0603. The molecule has 1 amide bonds. The molecule has 5 nitrogen and oxygen atoms in total. The largest absolute Gasteiger partial charge is 0.493 e. The molecule has 3 rings (SSSR count). The van der Waals surface area contributed by atoms with E-state index < -0.39 is 0 Å². The molecule has 5 heteroatoms. The number of benzene rings is 1. The molecule has 2 fully saturated rings. The normalized spacial score (nSPS) is 23.3. The van der Waals surface area contributed by atoms with Gasteiger partial charge in [-0.2, -0.15) is 0 Å². The molecule has 0 spiro atoms. The van der Waals surface area contributed by atoms with Crippen LogP contribution in [-0.2, 0) is 4.79 Å². The van der Waals surface area contributed by atoms with Gasteiger partial charge in [0.2, 0.25) is 5.91 Å². The first-order chi connectivity index (χ1) is 12.7. The Hall–Kier alpha value is -2.01. The highest BCUT2D eigenvalue weighted by Crippen LogP contribution is 2.37. The topological polar surface area (TPSA) is 50.8 Å². The molecular weight excluding hydrogens is 328 g/mol. The summed E-state index contributed by atoms with van der Waals surface area (Å²) in [4.78, 5) is 14.9. The number of likely N-dealkylation sites (tertiary alicyclic amines) is 1. The number of carbonyl (C=O) groups excluding carboxylic acids is 1. The molecule has 142 valence electrons. The summed E-state index contributed by atoms with van der Waals surface area (Å²) in [6, 6.07) is 6.36. The summed E-state index contributed by atoms with van der Waals surface area (Å²) in [5.41, 5.74) is 1.20. The van der Waals surface area contributed by atoms with Crippen molar-refractivity contribution in [2.24, 2.45) is 11.8 Å². The van der Waals surface area contributed by atoms with Crippen LogP contribution in [0.4, 0.5) is 0 Å². The van der Waals surface area contributed by atoms with Crippen LogP contribution in [0.3, 0.4) is 0 Å². The van der Waals surface area contributed by atoms with E-state index in [-0.39, 0.29) is 17.9 Å². The first kappa shape index (κ1) is 18.8. The third kappa shape index (κ3) is 4.39. The number of nitrogens with zero attached hydrogens (tertiary/aromatic N) is 1. The van der Waals surface area contributed by atoms with Crippen molar-refractivity contribution in [3.8, 4) is 11.5 Å². The number of piperidine rings is 1. The van der Waals surface area contributed by atoms with E-state index in [9.17, 15) is 4.79 Å². The third-order valence-electron chi connectivity index (χ3n) is 5.47. The van der Waals surface area contributed by atoms with Gasteiger partial charge in [-0.1, -0.05) is 12.1 Å². The van der Waals surface area contributed by atoms with E-state index in [0.29, 0.717) is 5.92 Å². The van der Waals surface area contributed by atoms with E-state index in [0.717, 1.165) is 44.0 Å². The Balaban J connectivity index is 1.69. The minimum absolute atomic E-state index is 0.0603. The van der Waals surface area contributed by atoms with Crippen LogP contribution >= 0.6 is 0 Å². The van der Waals surface area contributed by atoms with E-state index in [4.69, 9.17) is 9.47 Å². The summed E-state index contributed by atoms with van der Waals surface area (Å²) in [6.45, 7) is 6.27. The highest BCUT2D eigenvalue weighted by atomic mass is 16.5. The van der Waals surface area contributed by atoms with E-state index >= 15 is 0 Å². The van der Waals surface area contributed by atoms with E-state index in [1.807, 2.05) is 18.2 Å². The number of carbonyl (C=O) groups is 1. The molecule has 1 aliphatic heterocycles. The van der Waals surface area contributed by atoms with Crippen LogP contribution in [0.1, 0.15) is 37.3 Å². The fraction of sp³-hybridized carbons (Fsp3) is 0.571. The smallest absolute Gasteiger partial charge is 0.224 e. The van der Waals surface area contributed by atoms with Crippen molar-refractivity contribution in [3.63, 3.8) is 0 Å². The molecule has 0 bridgehead atoms. The summed E-state index contributed by atoms with van der Waals surface area (Å²) in [6.07, 6.45) is 6.29. The third-order valence-corrected chi connectivity index (χ3v) is 5.47. The van der Waals surface area contributed by atoms with Crippen LogP contribution in [0, 0.1) is 11.8 Å². The first-order valence-electron chi connectivity index (χ1n) is 9.50. The van der Waals surface area contributed by atoms with Crippen molar-refractivity contribution in [2.45, 2.75) is 31.7 Å². The molecule has 1 aromatic carbocycles. The second kappa shape index (κ2) is 8.58. The van der Waals surface area contributed by atoms with Crippen LogP contribution in [0.2, 0.25) is 0 Å². The van der Waals surface area contributed by atoms with Gasteiger partial charge in [-0.25, -0.2) is 0 Å². The maximum absolute atomic E-state index is 12.5. The number of nitrogens with one attached hydrogen (secondary N) is 1. The van der Waals surface area contributed by atoms with Crippen molar-refractivity contribution in [3.05, 3.63) is 36.4 Å². The van der Waals surface area contributed by atoms with Crippen LogP contribution in [-0.4, -0.2) is 44.7 Å². The molecule has 1 heterocycles. The van der Waals surface area contributed by atoms with Gasteiger partial charge in [-0.3, -0.25) is 9.69 Å². The van der Waals surface area contributed by atoms with Crippen LogP contribution < -0.4 is 14.8 Å². The molecule has 1 saturated carbocycles. The second-order valence-electron chi connectivity index (χ2n) is 7.34. The van der Waals surface area contributed by atoms with Crippen molar-refractivity contribution in [1.82, 2.24) is 10.2 Å². The zero-order valence-electron chi connectivity index (χ0n) is 15.9. The predicted molar refractivity (Wildman–Crippen MR) is 103 cm³/mol. The number of methoxy groups -OCH3 is 2. The average molecular weight is 358 g/mol. The molecule has 2 unspecified atom stereocenters.